The van der Waals surface area contributed by atoms with E-state index in [1.807, 2.05) is 0 Å². The quantitative estimate of drug-likeness (QED) is 0.620. The van der Waals surface area contributed by atoms with E-state index in [0.29, 0.717) is 31.4 Å². The molecule has 1 saturated heterocycles. The molecule has 1 saturated carbocycles. The molecule has 2 aromatic rings. The van der Waals surface area contributed by atoms with Crippen LogP contribution in [0.1, 0.15) is 49.1 Å². The molecule has 4 rings (SSSR count). The molecule has 27 heavy (non-hydrogen) atoms. The van der Waals surface area contributed by atoms with E-state index < -0.39 is 5.54 Å². The molecule has 142 valence electrons. The van der Waals surface area contributed by atoms with Crippen LogP contribution in [0.3, 0.4) is 0 Å². The van der Waals surface area contributed by atoms with E-state index in [2.05, 4.69) is 15.6 Å². The van der Waals surface area contributed by atoms with Gasteiger partial charge in [0, 0.05) is 30.9 Å². The van der Waals surface area contributed by atoms with E-state index in [-0.39, 0.29) is 30.2 Å². The van der Waals surface area contributed by atoms with Crippen molar-refractivity contribution >= 4 is 28.8 Å². The second-order valence-electron chi connectivity index (χ2n) is 7.16. The van der Waals surface area contributed by atoms with E-state index in [1.54, 1.807) is 24.5 Å². The van der Waals surface area contributed by atoms with Crippen LogP contribution in [0.25, 0.3) is 11.0 Å². The summed E-state index contributed by atoms with van der Waals surface area (Å²) >= 11 is 0. The Balaban J connectivity index is 1.29. The molecule has 0 bridgehead atoms. The van der Waals surface area contributed by atoms with Crippen molar-refractivity contribution in [2.75, 3.05) is 13.1 Å². The van der Waals surface area contributed by atoms with Gasteiger partial charge in [0.25, 0.3) is 11.8 Å². The highest BCUT2D eigenvalue weighted by Crippen LogP contribution is 2.33. The molecule has 0 aromatic carbocycles. The largest absolute Gasteiger partial charge is 0.451 e. The normalized spacial score (nSPS) is 18.9. The van der Waals surface area contributed by atoms with Crippen LogP contribution in [0.4, 0.5) is 4.79 Å². The average Bonchev–Trinajstić information content (AvgIpc) is 3.20. The summed E-state index contributed by atoms with van der Waals surface area (Å²) in [5.41, 5.74) is -0.0896. The Morgan fingerprint density at radius 2 is 2.11 bits per heavy atom. The first-order valence-corrected chi connectivity index (χ1v) is 9.35. The Hall–Kier alpha value is -2.90. The Labute approximate surface area is 156 Å². The van der Waals surface area contributed by atoms with Crippen LogP contribution < -0.4 is 10.6 Å². The number of nitrogens with zero attached hydrogens (tertiary/aromatic N) is 2. The highest BCUT2D eigenvalue weighted by molar-refractivity contribution is 6.07. The van der Waals surface area contributed by atoms with Crippen molar-refractivity contribution in [3.8, 4) is 0 Å². The Morgan fingerprint density at radius 3 is 2.89 bits per heavy atom. The van der Waals surface area contributed by atoms with Crippen molar-refractivity contribution in [2.24, 2.45) is 0 Å². The fourth-order valence-corrected chi connectivity index (χ4v) is 3.90. The van der Waals surface area contributed by atoms with Crippen molar-refractivity contribution in [1.82, 2.24) is 20.5 Å². The molecule has 1 aliphatic heterocycles. The highest BCUT2D eigenvalue weighted by atomic mass is 16.3. The lowest BCUT2D eigenvalue weighted by Crippen LogP contribution is -2.48. The summed E-state index contributed by atoms with van der Waals surface area (Å²) in [4.78, 5) is 42.3. The molecule has 2 aromatic heterocycles. The van der Waals surface area contributed by atoms with Crippen LogP contribution >= 0.6 is 0 Å². The van der Waals surface area contributed by atoms with E-state index >= 15 is 0 Å². The Morgan fingerprint density at radius 1 is 1.30 bits per heavy atom. The monoisotopic (exact) mass is 370 g/mol. The number of aromatic nitrogens is 1. The first kappa shape index (κ1) is 17.5. The number of carbonyl (C=O) groups excluding carboxylic acids is 3. The number of urea groups is 1. The second kappa shape index (κ2) is 7.02. The molecule has 2 N–H and O–H groups in total. The van der Waals surface area contributed by atoms with E-state index in [9.17, 15) is 14.4 Å². The summed E-state index contributed by atoms with van der Waals surface area (Å²) in [5, 5.41) is 6.41. The lowest BCUT2D eigenvalue weighted by atomic mass is 9.82. The van der Waals surface area contributed by atoms with E-state index in [4.69, 9.17) is 4.42 Å². The minimum Gasteiger partial charge on any atom is -0.451 e. The number of imide groups is 1. The van der Waals surface area contributed by atoms with Crippen molar-refractivity contribution in [3.05, 3.63) is 30.3 Å². The standard InChI is InChI=1S/C19H22N4O4/c24-16(15-11-13-12-20-9-5-14(13)27-15)21-8-4-10-23-17(25)19(22-18(23)26)6-2-1-3-7-19/h5,9,11-12H,1-4,6-8,10H2,(H,21,24)(H,22,26). The number of hydrogen-bond acceptors (Lipinski definition) is 5. The maximum Gasteiger partial charge on any atom is 0.325 e. The molecule has 0 unspecified atom stereocenters. The number of hydrogen-bond donors (Lipinski definition) is 2. The fourth-order valence-electron chi connectivity index (χ4n) is 3.90. The molecule has 8 nitrogen and oxygen atoms in total. The summed E-state index contributed by atoms with van der Waals surface area (Å²) in [6, 6.07) is 3.02. The molecular formula is C19H22N4O4. The van der Waals surface area contributed by atoms with Crippen LogP contribution in [-0.4, -0.2) is 46.4 Å². The number of fused-ring (bicyclic) bond motifs is 1. The van der Waals surface area contributed by atoms with Gasteiger partial charge in [0.1, 0.15) is 11.1 Å². The van der Waals surface area contributed by atoms with Crippen molar-refractivity contribution in [1.29, 1.82) is 0 Å². The van der Waals surface area contributed by atoms with Crippen molar-refractivity contribution < 1.29 is 18.8 Å². The molecule has 0 atom stereocenters. The number of pyridine rings is 1. The zero-order valence-corrected chi connectivity index (χ0v) is 15.0. The highest BCUT2D eigenvalue weighted by Gasteiger charge is 2.50. The zero-order valence-electron chi connectivity index (χ0n) is 15.0. The van der Waals surface area contributed by atoms with Gasteiger partial charge in [0.2, 0.25) is 0 Å². The van der Waals surface area contributed by atoms with E-state index in [0.717, 1.165) is 24.6 Å². The molecule has 4 amide bonds. The van der Waals surface area contributed by atoms with Gasteiger partial charge in [-0.1, -0.05) is 19.3 Å². The van der Waals surface area contributed by atoms with Gasteiger partial charge < -0.3 is 15.1 Å². The minimum atomic E-state index is -0.694. The average molecular weight is 370 g/mol. The van der Waals surface area contributed by atoms with Crippen molar-refractivity contribution in [3.63, 3.8) is 0 Å². The maximum atomic E-state index is 12.7. The first-order valence-electron chi connectivity index (χ1n) is 9.35. The predicted molar refractivity (Wildman–Crippen MR) is 97.0 cm³/mol. The van der Waals surface area contributed by atoms with E-state index in [1.165, 1.54) is 4.90 Å². The fraction of sp³-hybridized carbons (Fsp3) is 0.474. The number of nitrogens with one attached hydrogen (secondary N) is 2. The van der Waals surface area contributed by atoms with Gasteiger partial charge in [-0.3, -0.25) is 19.5 Å². The van der Waals surface area contributed by atoms with Crippen LogP contribution in [0.5, 0.6) is 0 Å². The number of furan rings is 1. The predicted octanol–water partition coefficient (Wildman–Crippen LogP) is 2.20. The van der Waals surface area contributed by atoms with Gasteiger partial charge in [-0.2, -0.15) is 0 Å². The number of rotatable bonds is 5. The number of amides is 4. The Kier molecular flexibility index (Phi) is 4.55. The summed E-state index contributed by atoms with van der Waals surface area (Å²) in [5.74, 6) is -0.232. The van der Waals surface area contributed by atoms with Crippen LogP contribution in [0, 0.1) is 0 Å². The van der Waals surface area contributed by atoms with Gasteiger partial charge >= 0.3 is 6.03 Å². The minimum absolute atomic E-state index is 0.122. The maximum absolute atomic E-state index is 12.7. The molecule has 8 heteroatoms. The van der Waals surface area contributed by atoms with Crippen LogP contribution in [0.15, 0.2) is 28.9 Å². The van der Waals surface area contributed by atoms with Crippen LogP contribution in [0.2, 0.25) is 0 Å². The topological polar surface area (TPSA) is 105 Å². The molecule has 0 radical (unpaired) electrons. The molecular weight excluding hydrogens is 348 g/mol. The van der Waals surface area contributed by atoms with Gasteiger partial charge in [0.15, 0.2) is 5.76 Å². The zero-order chi connectivity index (χ0) is 18.9. The number of carbonyl (C=O) groups is 3. The lowest BCUT2D eigenvalue weighted by Gasteiger charge is -2.30. The van der Waals surface area contributed by atoms with Gasteiger partial charge in [-0.25, -0.2) is 4.79 Å². The first-order chi connectivity index (χ1) is 13.1. The van der Waals surface area contributed by atoms with Gasteiger partial charge in [-0.15, -0.1) is 0 Å². The molecule has 2 fully saturated rings. The molecule has 3 heterocycles. The Bertz CT molecular complexity index is 852. The molecule has 1 aliphatic carbocycles. The smallest absolute Gasteiger partial charge is 0.325 e. The summed E-state index contributed by atoms with van der Waals surface area (Å²) in [7, 11) is 0. The third-order valence-corrected chi connectivity index (χ3v) is 5.34. The molecule has 1 spiro atoms. The summed E-state index contributed by atoms with van der Waals surface area (Å²) < 4.78 is 5.49. The summed E-state index contributed by atoms with van der Waals surface area (Å²) in [6.45, 7) is 0.634. The lowest BCUT2D eigenvalue weighted by molar-refractivity contribution is -0.132. The third-order valence-electron chi connectivity index (χ3n) is 5.34. The summed E-state index contributed by atoms with van der Waals surface area (Å²) in [6.07, 6.45) is 8.18. The van der Waals surface area contributed by atoms with Crippen molar-refractivity contribution in [2.45, 2.75) is 44.1 Å². The third kappa shape index (κ3) is 3.27. The van der Waals surface area contributed by atoms with Gasteiger partial charge in [0.05, 0.1) is 0 Å². The van der Waals surface area contributed by atoms with Crippen LogP contribution in [-0.2, 0) is 4.79 Å². The molecule has 2 aliphatic rings. The second-order valence-corrected chi connectivity index (χ2v) is 7.16. The SMILES string of the molecule is O=C(NCCCN1C(=O)NC2(CCCCC2)C1=O)c1cc2cnccc2o1. The van der Waals surface area contributed by atoms with Gasteiger partial charge in [-0.05, 0) is 31.4 Å².